The van der Waals surface area contributed by atoms with Gasteiger partial charge in [0, 0.05) is 18.0 Å². The van der Waals surface area contributed by atoms with E-state index in [1.807, 2.05) is 0 Å². The summed E-state index contributed by atoms with van der Waals surface area (Å²) in [7, 11) is -3.34. The van der Waals surface area contributed by atoms with Crippen molar-refractivity contribution in [1.82, 2.24) is 4.90 Å². The molecular formula is C29H32F5NO4S. The first-order chi connectivity index (χ1) is 18.5. The summed E-state index contributed by atoms with van der Waals surface area (Å²) in [4.78, 5) is 15.3. The number of amides is 1. The van der Waals surface area contributed by atoms with Gasteiger partial charge in [-0.25, -0.2) is 17.2 Å². The van der Waals surface area contributed by atoms with E-state index in [1.54, 1.807) is 24.0 Å². The van der Waals surface area contributed by atoms with Gasteiger partial charge >= 0.3 is 6.18 Å². The molecule has 0 spiro atoms. The molecule has 2 fully saturated rings. The molecule has 3 unspecified atom stereocenters. The van der Waals surface area contributed by atoms with Crippen molar-refractivity contribution in [2.24, 2.45) is 0 Å². The summed E-state index contributed by atoms with van der Waals surface area (Å²) < 4.78 is 93.8. The number of fused-ring (bicyclic) bond motifs is 3. The van der Waals surface area contributed by atoms with Crippen LogP contribution in [0.1, 0.15) is 60.4 Å². The van der Waals surface area contributed by atoms with Crippen molar-refractivity contribution in [3.8, 4) is 0 Å². The summed E-state index contributed by atoms with van der Waals surface area (Å²) in [6.45, 7) is 2.36. The molecule has 218 valence electrons. The third-order valence-electron chi connectivity index (χ3n) is 9.28. The standard InChI is InChI=1S/C29H32F5NO4S/c1-18-3-4-19(15-23(18)30)17-27-9-12-35(25(36)28(37)10-13-40(38,39)14-11-28)24(27)8-5-20-16-21(6-7-22(20)27)26(2,31)29(32,33)34/h3-4,6-7,15-16,24,37H,5,8-14,17H2,1-2H3. The van der Waals surface area contributed by atoms with E-state index in [0.29, 0.717) is 42.0 Å². The number of halogens is 5. The van der Waals surface area contributed by atoms with Crippen LogP contribution in [0.25, 0.3) is 0 Å². The Bertz CT molecular complexity index is 1440. The van der Waals surface area contributed by atoms with Crippen LogP contribution < -0.4 is 0 Å². The van der Waals surface area contributed by atoms with E-state index in [2.05, 4.69) is 0 Å². The summed E-state index contributed by atoms with van der Waals surface area (Å²) in [5, 5.41) is 11.2. The Balaban J connectivity index is 1.56. The van der Waals surface area contributed by atoms with Gasteiger partial charge in [0.05, 0.1) is 11.5 Å². The Hall–Kier alpha value is -2.53. The number of carbonyl (C=O) groups is 1. The lowest BCUT2D eigenvalue weighted by atomic mass is 9.63. The lowest BCUT2D eigenvalue weighted by Crippen LogP contribution is -2.57. The normalized spacial score (nSPS) is 27.0. The van der Waals surface area contributed by atoms with Crippen molar-refractivity contribution in [2.45, 2.75) is 81.3 Å². The maximum Gasteiger partial charge on any atom is 0.426 e. The minimum atomic E-state index is -5.10. The minimum absolute atomic E-state index is 0.208. The molecule has 2 aromatic carbocycles. The molecule has 1 N–H and O–H groups in total. The van der Waals surface area contributed by atoms with Crippen LogP contribution in [0.5, 0.6) is 0 Å². The fourth-order valence-electron chi connectivity index (χ4n) is 6.73. The second-order valence-electron chi connectivity index (χ2n) is 11.8. The topological polar surface area (TPSA) is 74.7 Å². The van der Waals surface area contributed by atoms with Gasteiger partial charge in [-0.05, 0) is 86.3 Å². The molecule has 2 aliphatic heterocycles. The quantitative estimate of drug-likeness (QED) is 0.521. The third kappa shape index (κ3) is 4.72. The number of aryl methyl sites for hydroxylation is 2. The average Bonchev–Trinajstić information content (AvgIpc) is 3.26. The zero-order valence-electron chi connectivity index (χ0n) is 22.3. The van der Waals surface area contributed by atoms with Crippen molar-refractivity contribution < 1.29 is 40.3 Å². The summed E-state index contributed by atoms with van der Waals surface area (Å²) >= 11 is 0. The number of alkyl halides is 4. The van der Waals surface area contributed by atoms with Crippen LogP contribution in [0.4, 0.5) is 22.0 Å². The van der Waals surface area contributed by atoms with Gasteiger partial charge < -0.3 is 10.0 Å². The molecule has 0 bridgehead atoms. The van der Waals surface area contributed by atoms with E-state index in [1.165, 1.54) is 18.2 Å². The molecule has 5 nitrogen and oxygen atoms in total. The van der Waals surface area contributed by atoms with Crippen LogP contribution in [-0.4, -0.2) is 60.2 Å². The number of benzene rings is 2. The molecule has 1 amide bonds. The number of likely N-dealkylation sites (tertiary alicyclic amines) is 1. The van der Waals surface area contributed by atoms with E-state index in [0.717, 1.165) is 6.07 Å². The monoisotopic (exact) mass is 585 g/mol. The van der Waals surface area contributed by atoms with Crippen LogP contribution in [0.2, 0.25) is 0 Å². The first-order valence-electron chi connectivity index (χ1n) is 13.4. The molecule has 11 heteroatoms. The summed E-state index contributed by atoms with van der Waals surface area (Å²) in [5.41, 5.74) is -4.36. The van der Waals surface area contributed by atoms with Gasteiger partial charge in [-0.15, -0.1) is 0 Å². The van der Waals surface area contributed by atoms with Crippen LogP contribution >= 0.6 is 0 Å². The van der Waals surface area contributed by atoms with E-state index >= 15 is 0 Å². The average molecular weight is 586 g/mol. The fourth-order valence-corrected chi connectivity index (χ4v) is 8.23. The van der Waals surface area contributed by atoms with E-state index in [9.17, 15) is 40.3 Å². The third-order valence-corrected chi connectivity index (χ3v) is 10.9. The second kappa shape index (κ2) is 9.51. The molecule has 3 aliphatic rings. The summed E-state index contributed by atoms with van der Waals surface area (Å²) in [6.07, 6.45) is -4.22. The highest BCUT2D eigenvalue weighted by Crippen LogP contribution is 2.51. The number of aliphatic hydroxyl groups is 1. The van der Waals surface area contributed by atoms with Gasteiger partial charge in [-0.2, -0.15) is 13.2 Å². The van der Waals surface area contributed by atoms with Crippen LogP contribution in [0, 0.1) is 12.7 Å². The number of hydrogen-bond donors (Lipinski definition) is 1. The maximum atomic E-state index is 14.9. The van der Waals surface area contributed by atoms with Gasteiger partial charge in [0.25, 0.3) is 5.91 Å². The Morgan fingerprint density at radius 1 is 1.07 bits per heavy atom. The van der Waals surface area contributed by atoms with Gasteiger partial charge in [0.1, 0.15) is 11.4 Å². The molecule has 5 rings (SSSR count). The predicted molar refractivity (Wildman–Crippen MR) is 139 cm³/mol. The number of nitrogens with zero attached hydrogens (tertiary/aromatic N) is 1. The zero-order valence-corrected chi connectivity index (χ0v) is 23.1. The highest BCUT2D eigenvalue weighted by molar-refractivity contribution is 7.91. The van der Waals surface area contributed by atoms with Crippen LogP contribution in [-0.2, 0) is 38.6 Å². The molecule has 2 aromatic rings. The van der Waals surface area contributed by atoms with Crippen molar-refractivity contribution in [3.05, 3.63) is 70.0 Å². The summed E-state index contributed by atoms with van der Waals surface area (Å²) in [5.74, 6) is -1.56. The Morgan fingerprint density at radius 3 is 2.38 bits per heavy atom. The number of carbonyl (C=O) groups excluding carboxylic acids is 1. The molecule has 0 aromatic heterocycles. The van der Waals surface area contributed by atoms with E-state index in [4.69, 9.17) is 0 Å². The lowest BCUT2D eigenvalue weighted by Gasteiger charge is -2.45. The molecule has 1 aliphatic carbocycles. The zero-order chi connectivity index (χ0) is 29.3. The largest absolute Gasteiger partial charge is 0.426 e. The Kier molecular flexibility index (Phi) is 6.89. The van der Waals surface area contributed by atoms with Crippen molar-refractivity contribution in [2.75, 3.05) is 18.1 Å². The first-order valence-corrected chi connectivity index (χ1v) is 15.2. The number of hydrogen-bond acceptors (Lipinski definition) is 4. The highest BCUT2D eigenvalue weighted by Gasteiger charge is 2.57. The lowest BCUT2D eigenvalue weighted by molar-refractivity contribution is -0.228. The van der Waals surface area contributed by atoms with Gasteiger partial charge in [-0.3, -0.25) is 4.79 Å². The van der Waals surface area contributed by atoms with Gasteiger partial charge in [-0.1, -0.05) is 30.3 Å². The first kappa shape index (κ1) is 29.0. The van der Waals surface area contributed by atoms with E-state index < -0.39 is 56.0 Å². The minimum Gasteiger partial charge on any atom is -0.380 e. The maximum absolute atomic E-state index is 14.9. The predicted octanol–water partition coefficient (Wildman–Crippen LogP) is 4.85. The smallest absolute Gasteiger partial charge is 0.380 e. The van der Waals surface area contributed by atoms with Crippen molar-refractivity contribution in [3.63, 3.8) is 0 Å². The Labute approximate surface area is 230 Å². The fraction of sp³-hybridized carbons (Fsp3) is 0.552. The van der Waals surface area contributed by atoms with Gasteiger partial charge in [0.15, 0.2) is 9.84 Å². The van der Waals surface area contributed by atoms with E-state index in [-0.39, 0.29) is 43.7 Å². The summed E-state index contributed by atoms with van der Waals surface area (Å²) in [6, 6.07) is 8.25. The highest BCUT2D eigenvalue weighted by atomic mass is 32.2. The van der Waals surface area contributed by atoms with Gasteiger partial charge in [0.2, 0.25) is 5.67 Å². The van der Waals surface area contributed by atoms with Crippen LogP contribution in [0.3, 0.4) is 0 Å². The molecule has 2 heterocycles. The van der Waals surface area contributed by atoms with Crippen LogP contribution in [0.15, 0.2) is 36.4 Å². The molecule has 0 radical (unpaired) electrons. The molecule has 2 saturated heterocycles. The number of rotatable bonds is 4. The number of sulfone groups is 1. The SMILES string of the molecule is Cc1ccc(CC23CCN(C(=O)C4(O)CCS(=O)(=O)CC4)C2CCc2cc(C(C)(F)C(F)(F)F)ccc23)cc1F. The second-order valence-corrected chi connectivity index (χ2v) is 14.1. The van der Waals surface area contributed by atoms with Crippen molar-refractivity contribution in [1.29, 1.82) is 0 Å². The molecule has 0 saturated carbocycles. The molecule has 40 heavy (non-hydrogen) atoms. The Morgan fingerprint density at radius 2 is 1.75 bits per heavy atom. The van der Waals surface area contributed by atoms with Crippen molar-refractivity contribution >= 4 is 15.7 Å². The molecular weight excluding hydrogens is 553 g/mol. The molecule has 3 atom stereocenters.